The van der Waals surface area contributed by atoms with Gasteiger partial charge in [-0.15, -0.1) is 24.0 Å². The Morgan fingerprint density at radius 1 is 1.23 bits per heavy atom. The van der Waals surface area contributed by atoms with Gasteiger partial charge in [0.15, 0.2) is 5.96 Å². The Balaban J connectivity index is 0.00000338. The van der Waals surface area contributed by atoms with Crippen LogP contribution in [0.4, 0.5) is 0 Å². The zero-order valence-electron chi connectivity index (χ0n) is 16.1. The zero-order chi connectivity index (χ0) is 17.9. The Bertz CT molecular complexity index is 553. The molecule has 0 spiro atoms. The van der Waals surface area contributed by atoms with Crippen molar-refractivity contribution < 1.29 is 4.21 Å². The smallest absolute Gasteiger partial charge is 0.191 e. The molecule has 6 heteroatoms. The van der Waals surface area contributed by atoms with Gasteiger partial charge in [0.2, 0.25) is 0 Å². The molecule has 0 amide bonds. The van der Waals surface area contributed by atoms with E-state index in [-0.39, 0.29) is 24.0 Å². The van der Waals surface area contributed by atoms with Crippen molar-refractivity contribution in [3.05, 3.63) is 35.9 Å². The second-order valence-corrected chi connectivity index (χ2v) is 8.65. The summed E-state index contributed by atoms with van der Waals surface area (Å²) in [5, 5.41) is 7.26. The first-order valence-electron chi connectivity index (χ1n) is 9.68. The minimum Gasteiger partial charge on any atom is -0.357 e. The van der Waals surface area contributed by atoms with E-state index >= 15 is 0 Å². The molecule has 3 atom stereocenters. The van der Waals surface area contributed by atoms with Crippen LogP contribution in [0.1, 0.15) is 51.5 Å². The lowest BCUT2D eigenvalue weighted by atomic mass is 9.95. The van der Waals surface area contributed by atoms with E-state index in [4.69, 9.17) is 4.99 Å². The number of rotatable bonds is 8. The van der Waals surface area contributed by atoms with Gasteiger partial charge in [-0.2, -0.15) is 0 Å². The lowest BCUT2D eigenvalue weighted by Crippen LogP contribution is -2.46. The van der Waals surface area contributed by atoms with Gasteiger partial charge in [-0.3, -0.25) is 9.20 Å². The zero-order valence-corrected chi connectivity index (χ0v) is 19.2. The van der Waals surface area contributed by atoms with Gasteiger partial charge in [0.25, 0.3) is 0 Å². The maximum Gasteiger partial charge on any atom is 0.191 e. The topological polar surface area (TPSA) is 53.5 Å². The molecule has 1 aliphatic rings. The quantitative estimate of drug-likeness (QED) is 0.251. The van der Waals surface area contributed by atoms with Crippen LogP contribution in [0.3, 0.4) is 0 Å². The average Bonchev–Trinajstić information content (AvgIpc) is 2.65. The van der Waals surface area contributed by atoms with Gasteiger partial charge in [-0.05, 0) is 44.6 Å². The standard InChI is InChI=1S/C20H33N3OS.HI/c1-3-21-20(22-15-9-12-17-10-6-5-7-11-17)23-18-13-8-14-19(16-18)25(24)4-2;/h5-7,10-11,18-19H,3-4,8-9,12-16H2,1-2H3,(H2,21,22,23);1H. The minimum absolute atomic E-state index is 0. The van der Waals surface area contributed by atoms with Crippen LogP contribution in [0.15, 0.2) is 35.3 Å². The first-order chi connectivity index (χ1) is 12.2. The Kier molecular flexibility index (Phi) is 12.2. The van der Waals surface area contributed by atoms with Crippen molar-refractivity contribution in [2.45, 2.75) is 63.7 Å². The summed E-state index contributed by atoms with van der Waals surface area (Å²) < 4.78 is 12.1. The fraction of sp³-hybridized carbons (Fsp3) is 0.650. The predicted molar refractivity (Wildman–Crippen MR) is 124 cm³/mol. The van der Waals surface area contributed by atoms with Gasteiger partial charge in [0.1, 0.15) is 0 Å². The summed E-state index contributed by atoms with van der Waals surface area (Å²) in [6, 6.07) is 11.0. The second kappa shape index (κ2) is 13.5. The molecule has 0 aliphatic heterocycles. The van der Waals surface area contributed by atoms with E-state index in [0.717, 1.165) is 63.3 Å². The number of nitrogens with zero attached hydrogens (tertiary/aromatic N) is 1. The maximum absolute atomic E-state index is 12.1. The van der Waals surface area contributed by atoms with Crippen molar-refractivity contribution in [1.82, 2.24) is 10.6 Å². The van der Waals surface area contributed by atoms with Gasteiger partial charge in [0.05, 0.1) is 0 Å². The average molecular weight is 491 g/mol. The molecule has 0 bridgehead atoms. The van der Waals surface area contributed by atoms with Crippen molar-refractivity contribution >= 4 is 40.7 Å². The summed E-state index contributed by atoms with van der Waals surface area (Å²) in [4.78, 5) is 4.73. The number of hydrogen-bond donors (Lipinski definition) is 2. The molecular weight excluding hydrogens is 457 g/mol. The van der Waals surface area contributed by atoms with Gasteiger partial charge in [-0.25, -0.2) is 0 Å². The fourth-order valence-corrected chi connectivity index (χ4v) is 4.73. The van der Waals surface area contributed by atoms with Crippen LogP contribution in [-0.2, 0) is 17.2 Å². The molecule has 1 aromatic carbocycles. The maximum atomic E-state index is 12.1. The predicted octanol–water partition coefficient (Wildman–Crippen LogP) is 3.87. The molecule has 2 rings (SSSR count). The highest BCUT2D eigenvalue weighted by atomic mass is 127. The molecule has 1 aromatic rings. The van der Waals surface area contributed by atoms with Crippen molar-refractivity contribution in [2.24, 2.45) is 4.99 Å². The normalized spacial score (nSPS) is 21.5. The number of guanidine groups is 1. The van der Waals surface area contributed by atoms with E-state index in [1.807, 2.05) is 6.92 Å². The lowest BCUT2D eigenvalue weighted by Gasteiger charge is -2.30. The van der Waals surface area contributed by atoms with E-state index in [1.165, 1.54) is 5.56 Å². The van der Waals surface area contributed by atoms with E-state index in [0.29, 0.717) is 11.3 Å². The number of nitrogens with one attached hydrogen (secondary N) is 2. The van der Waals surface area contributed by atoms with Gasteiger partial charge >= 0.3 is 0 Å². The first-order valence-corrected chi connectivity index (χ1v) is 11.1. The molecule has 0 heterocycles. The molecule has 4 nitrogen and oxygen atoms in total. The monoisotopic (exact) mass is 491 g/mol. The highest BCUT2D eigenvalue weighted by Crippen LogP contribution is 2.22. The largest absolute Gasteiger partial charge is 0.357 e. The molecule has 1 fully saturated rings. The number of halogens is 1. The fourth-order valence-electron chi connectivity index (χ4n) is 3.38. The Hall–Kier alpha value is -0.630. The van der Waals surface area contributed by atoms with Crippen LogP contribution in [-0.4, -0.2) is 40.3 Å². The molecule has 2 N–H and O–H groups in total. The molecule has 0 aromatic heterocycles. The Labute approximate surface area is 178 Å². The SMILES string of the molecule is CCNC(=NCCCc1ccccc1)NC1CCCC(S(=O)CC)C1.I. The molecule has 0 saturated heterocycles. The summed E-state index contributed by atoms with van der Waals surface area (Å²) in [5.41, 5.74) is 1.37. The van der Waals surface area contributed by atoms with Crippen LogP contribution >= 0.6 is 24.0 Å². The van der Waals surface area contributed by atoms with E-state index in [9.17, 15) is 4.21 Å². The van der Waals surface area contributed by atoms with Crippen LogP contribution in [0.2, 0.25) is 0 Å². The first kappa shape index (κ1) is 23.4. The van der Waals surface area contributed by atoms with Gasteiger partial charge in [0, 0.05) is 40.9 Å². The Morgan fingerprint density at radius 2 is 2.00 bits per heavy atom. The molecule has 3 unspecified atom stereocenters. The third-order valence-corrected chi connectivity index (χ3v) is 6.44. The second-order valence-electron chi connectivity index (χ2n) is 6.65. The highest BCUT2D eigenvalue weighted by molar-refractivity contribution is 14.0. The van der Waals surface area contributed by atoms with Crippen molar-refractivity contribution in [3.63, 3.8) is 0 Å². The van der Waals surface area contributed by atoms with Crippen molar-refractivity contribution in [1.29, 1.82) is 0 Å². The van der Waals surface area contributed by atoms with Crippen LogP contribution in [0.25, 0.3) is 0 Å². The Morgan fingerprint density at radius 3 is 2.69 bits per heavy atom. The number of hydrogen-bond acceptors (Lipinski definition) is 2. The summed E-state index contributed by atoms with van der Waals surface area (Å²) >= 11 is 0. The van der Waals surface area contributed by atoms with Crippen LogP contribution in [0.5, 0.6) is 0 Å². The summed E-state index contributed by atoms with van der Waals surface area (Å²) in [6.07, 6.45) is 6.50. The van der Waals surface area contributed by atoms with Gasteiger partial charge < -0.3 is 10.6 Å². The number of aliphatic imine (C=N–C) groups is 1. The lowest BCUT2D eigenvalue weighted by molar-refractivity contribution is 0.413. The highest BCUT2D eigenvalue weighted by Gasteiger charge is 2.25. The summed E-state index contributed by atoms with van der Waals surface area (Å²) in [6.45, 7) is 5.80. The number of benzene rings is 1. The summed E-state index contributed by atoms with van der Waals surface area (Å²) in [7, 11) is -0.681. The van der Waals surface area contributed by atoms with E-state index < -0.39 is 10.8 Å². The number of aryl methyl sites for hydroxylation is 1. The van der Waals surface area contributed by atoms with Crippen molar-refractivity contribution in [3.8, 4) is 0 Å². The van der Waals surface area contributed by atoms with Gasteiger partial charge in [-0.1, -0.05) is 43.7 Å². The molecular formula is C20H34IN3OS. The van der Waals surface area contributed by atoms with Crippen LogP contribution < -0.4 is 10.6 Å². The van der Waals surface area contributed by atoms with E-state index in [2.05, 4.69) is 47.9 Å². The van der Waals surface area contributed by atoms with Crippen molar-refractivity contribution in [2.75, 3.05) is 18.8 Å². The molecule has 1 saturated carbocycles. The molecule has 0 radical (unpaired) electrons. The van der Waals surface area contributed by atoms with E-state index in [1.54, 1.807) is 0 Å². The minimum atomic E-state index is -0.681. The van der Waals surface area contributed by atoms with Crippen LogP contribution in [0, 0.1) is 0 Å². The molecule has 26 heavy (non-hydrogen) atoms. The third kappa shape index (κ3) is 8.37. The molecule has 148 valence electrons. The molecule has 1 aliphatic carbocycles. The third-order valence-electron chi connectivity index (χ3n) is 4.70. The summed E-state index contributed by atoms with van der Waals surface area (Å²) in [5.74, 6) is 1.67.